The van der Waals surface area contributed by atoms with E-state index in [9.17, 15) is 4.79 Å². The SMILES string of the molecule is C=CC(=O)N1C[C@@H]2[C@@H](CNc3cc(-c4cnn(C)c4)cn4nccc34)[C@@H]2C1. The number of piperidine rings is 1. The monoisotopic (exact) mass is 362 g/mol. The van der Waals surface area contributed by atoms with E-state index in [1.165, 1.54) is 6.08 Å². The van der Waals surface area contributed by atoms with Crippen molar-refractivity contribution in [1.82, 2.24) is 24.3 Å². The van der Waals surface area contributed by atoms with Crippen LogP contribution in [0.25, 0.3) is 16.6 Å². The molecule has 0 spiro atoms. The Morgan fingerprint density at radius 1 is 1.30 bits per heavy atom. The van der Waals surface area contributed by atoms with Crippen LogP contribution in [0.4, 0.5) is 5.69 Å². The topological polar surface area (TPSA) is 67.5 Å². The van der Waals surface area contributed by atoms with Gasteiger partial charge in [0.1, 0.15) is 0 Å². The fourth-order valence-electron chi connectivity index (χ4n) is 4.39. The maximum Gasteiger partial charge on any atom is 0.245 e. The van der Waals surface area contributed by atoms with Gasteiger partial charge in [0.2, 0.25) is 5.91 Å². The fraction of sp³-hybridized carbons (Fsp3) is 0.350. The lowest BCUT2D eigenvalue weighted by Crippen LogP contribution is -2.30. The maximum absolute atomic E-state index is 11.7. The zero-order valence-electron chi connectivity index (χ0n) is 15.2. The van der Waals surface area contributed by atoms with E-state index >= 15 is 0 Å². The molecule has 1 amide bonds. The average molecular weight is 362 g/mol. The molecule has 3 aromatic heterocycles. The molecule has 2 aliphatic rings. The van der Waals surface area contributed by atoms with E-state index in [1.807, 2.05) is 47.3 Å². The molecule has 1 aliphatic heterocycles. The largest absolute Gasteiger partial charge is 0.383 e. The fourth-order valence-corrected chi connectivity index (χ4v) is 4.39. The smallest absolute Gasteiger partial charge is 0.245 e. The molecule has 2 fully saturated rings. The van der Waals surface area contributed by atoms with Gasteiger partial charge in [0.05, 0.1) is 23.6 Å². The standard InChI is InChI=1S/C20H22N6O/c1-3-20(27)25-11-16-15(17(16)12-25)8-21-18-6-13(14-7-23-24(2)9-14)10-26-19(18)4-5-22-26/h3-7,9-10,15-17,21H,1,8,11-12H2,2H3/t15-,16-,17+. The maximum atomic E-state index is 11.7. The van der Waals surface area contributed by atoms with Gasteiger partial charge in [-0.15, -0.1) is 0 Å². The van der Waals surface area contributed by atoms with Crippen LogP contribution in [0, 0.1) is 17.8 Å². The number of anilines is 1. The van der Waals surface area contributed by atoms with Crippen LogP contribution >= 0.6 is 0 Å². The summed E-state index contributed by atoms with van der Waals surface area (Å²) >= 11 is 0. The van der Waals surface area contributed by atoms with Gasteiger partial charge in [0, 0.05) is 50.2 Å². The van der Waals surface area contributed by atoms with Gasteiger partial charge in [-0.2, -0.15) is 10.2 Å². The zero-order chi connectivity index (χ0) is 18.5. The van der Waals surface area contributed by atoms with Gasteiger partial charge in [-0.25, -0.2) is 4.52 Å². The first kappa shape index (κ1) is 16.1. The summed E-state index contributed by atoms with van der Waals surface area (Å²) < 4.78 is 3.71. The van der Waals surface area contributed by atoms with E-state index < -0.39 is 0 Å². The molecule has 0 bridgehead atoms. The highest BCUT2D eigenvalue weighted by atomic mass is 16.2. The molecule has 5 rings (SSSR count). The molecule has 0 unspecified atom stereocenters. The highest BCUT2D eigenvalue weighted by Crippen LogP contribution is 2.51. The Hall–Kier alpha value is -3.09. The molecule has 1 N–H and O–H groups in total. The number of hydrogen-bond acceptors (Lipinski definition) is 4. The van der Waals surface area contributed by atoms with E-state index in [2.05, 4.69) is 28.2 Å². The minimum Gasteiger partial charge on any atom is -0.383 e. The van der Waals surface area contributed by atoms with E-state index in [-0.39, 0.29) is 5.91 Å². The van der Waals surface area contributed by atoms with Crippen LogP contribution in [0.1, 0.15) is 0 Å². The Kier molecular flexibility index (Phi) is 3.56. The highest BCUT2D eigenvalue weighted by molar-refractivity contribution is 5.87. The van der Waals surface area contributed by atoms with Crippen molar-refractivity contribution in [2.45, 2.75) is 0 Å². The van der Waals surface area contributed by atoms with Crippen LogP contribution in [-0.4, -0.2) is 49.8 Å². The summed E-state index contributed by atoms with van der Waals surface area (Å²) in [6.07, 6.45) is 9.13. The second-order valence-electron chi connectivity index (χ2n) is 7.53. The van der Waals surface area contributed by atoms with Gasteiger partial charge < -0.3 is 10.2 Å². The van der Waals surface area contributed by atoms with Crippen LogP contribution in [-0.2, 0) is 11.8 Å². The molecule has 27 heavy (non-hydrogen) atoms. The number of rotatable bonds is 5. The van der Waals surface area contributed by atoms with Crippen molar-refractivity contribution in [3.8, 4) is 11.1 Å². The lowest BCUT2D eigenvalue weighted by atomic mass is 10.1. The molecule has 0 radical (unpaired) electrons. The molecule has 138 valence electrons. The number of amides is 1. The van der Waals surface area contributed by atoms with Crippen molar-refractivity contribution in [2.24, 2.45) is 24.8 Å². The molecule has 4 heterocycles. The molecule has 1 saturated carbocycles. The van der Waals surface area contributed by atoms with Crippen LogP contribution in [0.2, 0.25) is 0 Å². The number of nitrogens with one attached hydrogen (secondary N) is 1. The summed E-state index contributed by atoms with van der Waals surface area (Å²) in [4.78, 5) is 13.6. The Morgan fingerprint density at radius 3 is 2.81 bits per heavy atom. The van der Waals surface area contributed by atoms with Gasteiger partial charge in [-0.1, -0.05) is 6.58 Å². The number of likely N-dealkylation sites (tertiary alicyclic amines) is 1. The summed E-state index contributed by atoms with van der Waals surface area (Å²) in [5, 5.41) is 12.3. The number of fused-ring (bicyclic) bond motifs is 2. The number of aryl methyl sites for hydroxylation is 1. The quantitative estimate of drug-likeness (QED) is 0.706. The van der Waals surface area contributed by atoms with Gasteiger partial charge in [-0.05, 0) is 36.0 Å². The Labute approximate surface area is 157 Å². The number of carbonyl (C=O) groups is 1. The lowest BCUT2D eigenvalue weighted by Gasteiger charge is -2.18. The first-order chi connectivity index (χ1) is 13.1. The average Bonchev–Trinajstić information content (AvgIpc) is 3.16. The van der Waals surface area contributed by atoms with E-state index in [4.69, 9.17) is 0 Å². The molecule has 3 aromatic rings. The molecular weight excluding hydrogens is 340 g/mol. The molecule has 1 saturated heterocycles. The first-order valence-corrected chi connectivity index (χ1v) is 9.25. The zero-order valence-corrected chi connectivity index (χ0v) is 15.2. The second-order valence-corrected chi connectivity index (χ2v) is 7.53. The van der Waals surface area contributed by atoms with Crippen molar-refractivity contribution in [2.75, 3.05) is 25.0 Å². The van der Waals surface area contributed by atoms with Crippen molar-refractivity contribution in [1.29, 1.82) is 0 Å². The Balaban J connectivity index is 1.32. The summed E-state index contributed by atoms with van der Waals surface area (Å²) in [5.74, 6) is 1.91. The molecule has 3 atom stereocenters. The summed E-state index contributed by atoms with van der Waals surface area (Å²) in [6, 6.07) is 4.19. The third-order valence-electron chi connectivity index (χ3n) is 5.93. The first-order valence-electron chi connectivity index (χ1n) is 9.25. The predicted octanol–water partition coefficient (Wildman–Crippen LogP) is 2.04. The van der Waals surface area contributed by atoms with Crippen molar-refractivity contribution < 1.29 is 4.79 Å². The van der Waals surface area contributed by atoms with Crippen LogP contribution in [0.3, 0.4) is 0 Å². The molecular formula is C20H22N6O. The molecule has 7 nitrogen and oxygen atoms in total. The lowest BCUT2D eigenvalue weighted by molar-refractivity contribution is -0.125. The van der Waals surface area contributed by atoms with Crippen LogP contribution < -0.4 is 5.32 Å². The third kappa shape index (κ3) is 2.70. The van der Waals surface area contributed by atoms with Crippen molar-refractivity contribution in [3.63, 3.8) is 0 Å². The normalized spacial score (nSPS) is 23.4. The van der Waals surface area contributed by atoms with E-state index in [0.29, 0.717) is 17.8 Å². The van der Waals surface area contributed by atoms with Crippen LogP contribution in [0.5, 0.6) is 0 Å². The number of nitrogens with zero attached hydrogens (tertiary/aromatic N) is 5. The van der Waals surface area contributed by atoms with Crippen molar-refractivity contribution in [3.05, 3.63) is 49.6 Å². The van der Waals surface area contributed by atoms with Gasteiger partial charge in [-0.3, -0.25) is 9.48 Å². The number of hydrogen-bond donors (Lipinski definition) is 1. The predicted molar refractivity (Wildman–Crippen MR) is 103 cm³/mol. The number of pyridine rings is 1. The summed E-state index contributed by atoms with van der Waals surface area (Å²) in [5.41, 5.74) is 4.30. The Bertz CT molecular complexity index is 1020. The third-order valence-corrected chi connectivity index (χ3v) is 5.93. The van der Waals surface area contributed by atoms with Gasteiger partial charge in [0.15, 0.2) is 0 Å². The molecule has 7 heteroatoms. The minimum absolute atomic E-state index is 0.0547. The minimum atomic E-state index is 0.0547. The van der Waals surface area contributed by atoms with Crippen LogP contribution in [0.15, 0.2) is 49.6 Å². The Morgan fingerprint density at radius 2 is 2.11 bits per heavy atom. The summed E-state index contributed by atoms with van der Waals surface area (Å²) in [6.45, 7) is 6.22. The highest BCUT2D eigenvalue weighted by Gasteiger charge is 2.55. The number of carbonyl (C=O) groups excluding carboxylic acids is 1. The number of aromatic nitrogens is 4. The van der Waals surface area contributed by atoms with Gasteiger partial charge >= 0.3 is 0 Å². The second kappa shape index (κ2) is 5.97. The molecule has 0 aromatic carbocycles. The van der Waals surface area contributed by atoms with Gasteiger partial charge in [0.25, 0.3) is 0 Å². The van der Waals surface area contributed by atoms with E-state index in [1.54, 1.807) is 4.68 Å². The van der Waals surface area contributed by atoms with Crippen molar-refractivity contribution >= 4 is 17.1 Å². The van der Waals surface area contributed by atoms with E-state index in [0.717, 1.165) is 42.0 Å². The summed E-state index contributed by atoms with van der Waals surface area (Å²) in [7, 11) is 1.92. The molecule has 1 aliphatic carbocycles.